The molecule has 0 aliphatic rings. The predicted molar refractivity (Wildman–Crippen MR) is 106 cm³/mol. The van der Waals surface area contributed by atoms with E-state index in [4.69, 9.17) is 4.74 Å². The number of carbonyl (C=O) groups excluding carboxylic acids is 1. The summed E-state index contributed by atoms with van der Waals surface area (Å²) in [4.78, 5) is 12.3. The molecule has 0 saturated heterocycles. The van der Waals surface area contributed by atoms with E-state index >= 15 is 0 Å². The first-order valence-corrected chi connectivity index (χ1v) is 10.0. The molecule has 0 saturated carbocycles. The van der Waals surface area contributed by atoms with E-state index in [-0.39, 0.29) is 24.7 Å². The number of aliphatic hydroxyl groups is 1. The largest absolute Gasteiger partial charge is 0.444 e. The van der Waals surface area contributed by atoms with E-state index in [0.717, 1.165) is 19.3 Å². The van der Waals surface area contributed by atoms with Crippen LogP contribution in [0.1, 0.15) is 81.6 Å². The Bertz CT molecular complexity index is 374. The number of rotatable bonds is 10. The van der Waals surface area contributed by atoms with Gasteiger partial charge in [0.15, 0.2) is 0 Å². The van der Waals surface area contributed by atoms with Crippen molar-refractivity contribution in [2.45, 2.75) is 93.2 Å². The van der Waals surface area contributed by atoms with Gasteiger partial charge < -0.3 is 15.2 Å². The molecule has 0 spiro atoms. The quantitative estimate of drug-likeness (QED) is 0.562. The number of carbonyl (C=O) groups is 1. The average Bonchev–Trinajstić information content (AvgIpc) is 2.45. The highest BCUT2D eigenvalue weighted by atomic mass is 16.6. The first kappa shape index (κ1) is 24.2. The second kappa shape index (κ2) is 11.1. The summed E-state index contributed by atoms with van der Waals surface area (Å²) in [5.74, 6) is 2.13. The molecule has 0 aromatic carbocycles. The van der Waals surface area contributed by atoms with Crippen molar-refractivity contribution in [1.29, 1.82) is 0 Å². The Balaban J connectivity index is 5.13. The van der Waals surface area contributed by atoms with E-state index in [1.807, 2.05) is 20.8 Å². The van der Waals surface area contributed by atoms with Crippen molar-refractivity contribution in [2.24, 2.45) is 29.6 Å². The lowest BCUT2D eigenvalue weighted by molar-refractivity contribution is 0.0461. The van der Waals surface area contributed by atoms with Crippen molar-refractivity contribution in [1.82, 2.24) is 5.32 Å². The molecule has 0 unspecified atom stereocenters. The minimum Gasteiger partial charge on any atom is -0.444 e. The fourth-order valence-electron chi connectivity index (χ4n) is 3.33. The summed E-state index contributed by atoms with van der Waals surface area (Å²) in [7, 11) is 0. The summed E-state index contributed by atoms with van der Waals surface area (Å²) < 4.78 is 5.47. The van der Waals surface area contributed by atoms with E-state index in [0.29, 0.717) is 23.7 Å². The zero-order chi connectivity index (χ0) is 19.8. The van der Waals surface area contributed by atoms with Gasteiger partial charge in [-0.2, -0.15) is 0 Å². The van der Waals surface area contributed by atoms with Crippen molar-refractivity contribution in [2.75, 3.05) is 6.61 Å². The number of hydrogen-bond donors (Lipinski definition) is 2. The summed E-state index contributed by atoms with van der Waals surface area (Å²) in [6, 6.07) is 0.0648. The lowest BCUT2D eigenvalue weighted by Gasteiger charge is -2.33. The Morgan fingerprint density at radius 1 is 1.00 bits per heavy atom. The van der Waals surface area contributed by atoms with Crippen molar-refractivity contribution < 1.29 is 14.6 Å². The zero-order valence-corrected chi connectivity index (χ0v) is 18.1. The van der Waals surface area contributed by atoms with Gasteiger partial charge in [0.05, 0.1) is 0 Å². The van der Waals surface area contributed by atoms with Crippen LogP contribution in [0.2, 0.25) is 0 Å². The molecule has 0 aromatic rings. The number of nitrogens with one attached hydrogen (secondary N) is 1. The van der Waals surface area contributed by atoms with Crippen molar-refractivity contribution in [3.8, 4) is 0 Å². The van der Waals surface area contributed by atoms with Gasteiger partial charge in [-0.25, -0.2) is 4.79 Å². The summed E-state index contributed by atoms with van der Waals surface area (Å²) in [5, 5.41) is 12.8. The highest BCUT2D eigenvalue weighted by Crippen LogP contribution is 2.28. The van der Waals surface area contributed by atoms with Gasteiger partial charge in [-0.05, 0) is 63.2 Å². The Labute approximate surface area is 156 Å². The molecule has 0 bridgehead atoms. The SMILES string of the molecule is CC[C@@H](C[C@H](NC(=O)OC(C)(C)C)[C@@H](C)C[C@H](CO)C(C)C)C(C)C. The van der Waals surface area contributed by atoms with Crippen LogP contribution in [-0.2, 0) is 4.74 Å². The molecular formula is C21H43NO3. The number of aliphatic hydroxyl groups excluding tert-OH is 1. The summed E-state index contributed by atoms with van der Waals surface area (Å²) in [5.41, 5.74) is -0.494. The van der Waals surface area contributed by atoms with Crippen LogP contribution in [0.25, 0.3) is 0 Å². The zero-order valence-electron chi connectivity index (χ0n) is 18.1. The molecule has 0 aliphatic heterocycles. The maximum Gasteiger partial charge on any atom is 0.407 e. The molecular weight excluding hydrogens is 314 g/mol. The summed E-state index contributed by atoms with van der Waals surface area (Å²) in [6.07, 6.45) is 2.62. The van der Waals surface area contributed by atoms with Crippen LogP contribution >= 0.6 is 0 Å². The van der Waals surface area contributed by atoms with Crippen LogP contribution in [0, 0.1) is 29.6 Å². The van der Waals surface area contributed by atoms with Crippen LogP contribution in [0.15, 0.2) is 0 Å². The highest BCUT2D eigenvalue weighted by Gasteiger charge is 2.28. The van der Waals surface area contributed by atoms with Crippen LogP contribution in [0.3, 0.4) is 0 Å². The molecule has 0 aromatic heterocycles. The third-order valence-electron chi connectivity index (χ3n) is 5.26. The molecule has 0 rings (SSSR count). The van der Waals surface area contributed by atoms with E-state index in [2.05, 4.69) is 46.9 Å². The Morgan fingerprint density at radius 2 is 1.52 bits per heavy atom. The first-order chi connectivity index (χ1) is 11.4. The number of alkyl carbamates (subject to hydrolysis) is 1. The molecule has 0 aliphatic carbocycles. The molecule has 4 atom stereocenters. The maximum atomic E-state index is 12.3. The highest BCUT2D eigenvalue weighted by molar-refractivity contribution is 5.68. The third kappa shape index (κ3) is 10.1. The van der Waals surface area contributed by atoms with Gasteiger partial charge in [-0.1, -0.05) is 48.0 Å². The Kier molecular flexibility index (Phi) is 10.7. The van der Waals surface area contributed by atoms with Gasteiger partial charge in [-0.3, -0.25) is 0 Å². The fourth-order valence-corrected chi connectivity index (χ4v) is 3.33. The first-order valence-electron chi connectivity index (χ1n) is 10.0. The molecule has 150 valence electrons. The normalized spacial score (nSPS) is 17.3. The van der Waals surface area contributed by atoms with Crippen LogP contribution in [0.5, 0.6) is 0 Å². The van der Waals surface area contributed by atoms with Crippen LogP contribution in [-0.4, -0.2) is 29.4 Å². The Hall–Kier alpha value is -0.770. The van der Waals surface area contributed by atoms with Crippen molar-refractivity contribution in [3.63, 3.8) is 0 Å². The smallest absolute Gasteiger partial charge is 0.407 e. The monoisotopic (exact) mass is 357 g/mol. The minimum atomic E-state index is -0.494. The topological polar surface area (TPSA) is 58.6 Å². The number of ether oxygens (including phenoxy) is 1. The molecule has 4 nitrogen and oxygen atoms in total. The van der Waals surface area contributed by atoms with Crippen molar-refractivity contribution in [3.05, 3.63) is 0 Å². The van der Waals surface area contributed by atoms with E-state index in [1.54, 1.807) is 0 Å². The van der Waals surface area contributed by atoms with Crippen molar-refractivity contribution >= 4 is 6.09 Å². The molecule has 1 amide bonds. The minimum absolute atomic E-state index is 0.0648. The van der Waals surface area contributed by atoms with Gasteiger partial charge >= 0.3 is 6.09 Å². The van der Waals surface area contributed by atoms with Gasteiger partial charge in [0.25, 0.3) is 0 Å². The number of hydrogen-bond acceptors (Lipinski definition) is 3. The van der Waals surface area contributed by atoms with Gasteiger partial charge in [0.2, 0.25) is 0 Å². The van der Waals surface area contributed by atoms with E-state index in [1.165, 1.54) is 0 Å². The fraction of sp³-hybridized carbons (Fsp3) is 0.952. The second-order valence-corrected chi connectivity index (χ2v) is 9.30. The van der Waals surface area contributed by atoms with Crippen LogP contribution < -0.4 is 5.32 Å². The van der Waals surface area contributed by atoms with Gasteiger partial charge in [0, 0.05) is 12.6 Å². The van der Waals surface area contributed by atoms with E-state index < -0.39 is 5.60 Å². The average molecular weight is 358 g/mol. The van der Waals surface area contributed by atoms with E-state index in [9.17, 15) is 9.90 Å². The maximum absolute atomic E-state index is 12.3. The third-order valence-corrected chi connectivity index (χ3v) is 5.26. The molecule has 0 fully saturated rings. The molecule has 2 N–H and O–H groups in total. The molecule has 25 heavy (non-hydrogen) atoms. The lowest BCUT2D eigenvalue weighted by atomic mass is 9.79. The lowest BCUT2D eigenvalue weighted by Crippen LogP contribution is -2.44. The second-order valence-electron chi connectivity index (χ2n) is 9.30. The summed E-state index contributed by atoms with van der Waals surface area (Å²) in [6.45, 7) is 19.0. The van der Waals surface area contributed by atoms with Gasteiger partial charge in [-0.15, -0.1) is 0 Å². The molecule has 4 heteroatoms. The molecule has 0 radical (unpaired) electrons. The number of amides is 1. The predicted octanol–water partition coefficient (Wildman–Crippen LogP) is 5.24. The Morgan fingerprint density at radius 3 is 1.88 bits per heavy atom. The standard InChI is InChI=1S/C21H43NO3/c1-10-17(14(2)3)12-19(22-20(24)25-21(7,8)9)16(6)11-18(13-23)15(4)5/h14-19,23H,10-13H2,1-9H3,(H,22,24)/t16-,17-,18+,19-/m0/s1. The van der Waals surface area contributed by atoms with Gasteiger partial charge in [0.1, 0.15) is 5.60 Å². The van der Waals surface area contributed by atoms with Crippen LogP contribution in [0.4, 0.5) is 4.79 Å². The molecule has 0 heterocycles. The summed E-state index contributed by atoms with van der Waals surface area (Å²) >= 11 is 0.